The number of hydrazone groups is 1. The van der Waals surface area contributed by atoms with Gasteiger partial charge in [0, 0.05) is 17.7 Å². The summed E-state index contributed by atoms with van der Waals surface area (Å²) in [5.74, 6) is 0.881. The van der Waals surface area contributed by atoms with Gasteiger partial charge in [-0.25, -0.2) is 5.01 Å². The molecular weight excluding hydrogens is 396 g/mol. The summed E-state index contributed by atoms with van der Waals surface area (Å²) >= 11 is 0. The minimum atomic E-state index is -0.311. The third kappa shape index (κ3) is 3.86. The van der Waals surface area contributed by atoms with Crippen molar-refractivity contribution in [2.75, 3.05) is 19.6 Å². The molecule has 2 aromatic heterocycles. The van der Waals surface area contributed by atoms with E-state index in [0.717, 1.165) is 16.7 Å². The first kappa shape index (κ1) is 19.6. The first-order valence-corrected chi connectivity index (χ1v) is 10.5. The van der Waals surface area contributed by atoms with Crippen LogP contribution in [0.3, 0.4) is 0 Å². The summed E-state index contributed by atoms with van der Waals surface area (Å²) < 4.78 is 11.6. The average Bonchev–Trinajstić information content (AvgIpc) is 3.52. The molecule has 1 saturated heterocycles. The Kier molecular flexibility index (Phi) is 5.07. The van der Waals surface area contributed by atoms with Gasteiger partial charge < -0.3 is 14.6 Å². The Morgan fingerprint density at radius 2 is 1.94 bits per heavy atom. The van der Waals surface area contributed by atoms with Crippen LogP contribution in [-0.4, -0.2) is 47.1 Å². The summed E-state index contributed by atoms with van der Waals surface area (Å²) in [6, 6.07) is 13.1. The van der Waals surface area contributed by atoms with Crippen molar-refractivity contribution in [3.8, 4) is 0 Å². The first-order valence-electron chi connectivity index (χ1n) is 10.5. The molecule has 2 aliphatic rings. The second kappa shape index (κ2) is 8.03. The molecule has 0 bridgehead atoms. The van der Waals surface area contributed by atoms with Crippen LogP contribution < -0.4 is 5.73 Å². The zero-order valence-corrected chi connectivity index (χ0v) is 17.1. The molecule has 3 aromatic rings. The predicted octanol–water partition coefficient (Wildman–Crippen LogP) is 2.90. The lowest BCUT2D eigenvalue weighted by atomic mass is 9.96. The fourth-order valence-electron chi connectivity index (χ4n) is 4.36. The molecule has 0 radical (unpaired) electrons. The monoisotopic (exact) mass is 420 g/mol. The molecular formula is C23H24N4O4. The van der Waals surface area contributed by atoms with Gasteiger partial charge in [0.15, 0.2) is 5.76 Å². The van der Waals surface area contributed by atoms with E-state index in [-0.39, 0.29) is 30.3 Å². The van der Waals surface area contributed by atoms with Gasteiger partial charge in [0.2, 0.25) is 5.91 Å². The Labute approximate surface area is 179 Å². The number of rotatable bonds is 5. The predicted molar refractivity (Wildman–Crippen MR) is 114 cm³/mol. The molecule has 8 heteroatoms. The number of hydrogen-bond donors (Lipinski definition) is 1. The van der Waals surface area contributed by atoms with Crippen molar-refractivity contribution < 1.29 is 18.4 Å². The number of carbonyl (C=O) groups is 2. The number of amides is 2. The topological polar surface area (TPSA) is 105 Å². The third-order valence-electron chi connectivity index (χ3n) is 6.10. The molecule has 0 aliphatic carbocycles. The van der Waals surface area contributed by atoms with Gasteiger partial charge in [0.25, 0.3) is 5.91 Å². The number of likely N-dealkylation sites (tertiary alicyclic amines) is 1. The van der Waals surface area contributed by atoms with Gasteiger partial charge in [-0.15, -0.1) is 0 Å². The number of fused-ring (bicyclic) bond motifs is 1. The van der Waals surface area contributed by atoms with E-state index in [2.05, 4.69) is 10.0 Å². The van der Waals surface area contributed by atoms with E-state index in [1.165, 1.54) is 5.01 Å². The van der Waals surface area contributed by atoms with Gasteiger partial charge in [0.1, 0.15) is 23.1 Å². The van der Waals surface area contributed by atoms with Crippen molar-refractivity contribution in [3.05, 3.63) is 60.2 Å². The summed E-state index contributed by atoms with van der Waals surface area (Å²) in [5.41, 5.74) is 6.92. The van der Waals surface area contributed by atoms with Gasteiger partial charge in [-0.1, -0.05) is 18.2 Å². The molecule has 8 nitrogen and oxygen atoms in total. The smallest absolute Gasteiger partial charge is 0.257 e. The van der Waals surface area contributed by atoms with Crippen molar-refractivity contribution in [2.45, 2.75) is 25.3 Å². The van der Waals surface area contributed by atoms with E-state index >= 15 is 0 Å². The summed E-state index contributed by atoms with van der Waals surface area (Å²) in [5, 5.41) is 7.16. The second-order valence-corrected chi connectivity index (χ2v) is 8.12. The Balaban J connectivity index is 1.36. The van der Waals surface area contributed by atoms with Gasteiger partial charge in [-0.2, -0.15) is 5.10 Å². The Hall–Kier alpha value is -3.39. The Morgan fingerprint density at radius 3 is 2.65 bits per heavy atom. The molecule has 0 saturated carbocycles. The highest BCUT2D eigenvalue weighted by Crippen LogP contribution is 2.34. The minimum absolute atomic E-state index is 0.105. The van der Waals surface area contributed by atoms with E-state index in [0.29, 0.717) is 43.9 Å². The van der Waals surface area contributed by atoms with Crippen molar-refractivity contribution in [1.82, 2.24) is 9.91 Å². The molecule has 0 unspecified atom stereocenters. The zero-order valence-electron chi connectivity index (χ0n) is 17.1. The maximum Gasteiger partial charge on any atom is 0.257 e. The summed E-state index contributed by atoms with van der Waals surface area (Å²) in [6.45, 7) is 1.57. The quantitative estimate of drug-likeness (QED) is 0.683. The molecule has 2 aliphatic heterocycles. The standard InChI is InChI=1S/C23H24N4O4/c24-23(29)15-7-9-26(10-8-15)14-22(28)27-18(20-6-3-11-30-20)13-17(25-27)21-12-16-4-1-2-5-19(16)31-21/h1-6,11-12,15,18H,7-10,13-14H2,(H2,24,29)/t18-/m0/s1. The lowest BCUT2D eigenvalue weighted by molar-refractivity contribution is -0.135. The molecule has 160 valence electrons. The second-order valence-electron chi connectivity index (χ2n) is 8.12. The van der Waals surface area contributed by atoms with Crippen LogP contribution in [0.2, 0.25) is 0 Å². The van der Waals surface area contributed by atoms with Crippen molar-refractivity contribution >= 4 is 28.5 Å². The van der Waals surface area contributed by atoms with Crippen LogP contribution >= 0.6 is 0 Å². The SMILES string of the molecule is NC(=O)C1CCN(CC(=O)N2N=C(c3cc4ccccc4o3)C[C@H]2c2ccco2)CC1. The van der Waals surface area contributed by atoms with Gasteiger partial charge >= 0.3 is 0 Å². The average molecular weight is 420 g/mol. The summed E-state index contributed by atoms with van der Waals surface area (Å²) in [7, 11) is 0. The molecule has 2 amide bonds. The number of nitrogens with two attached hydrogens (primary N) is 1. The van der Waals surface area contributed by atoms with Crippen LogP contribution in [0.5, 0.6) is 0 Å². The first-order chi connectivity index (χ1) is 15.1. The molecule has 4 heterocycles. The van der Waals surface area contributed by atoms with E-state index in [4.69, 9.17) is 14.6 Å². The largest absolute Gasteiger partial charge is 0.467 e. The minimum Gasteiger partial charge on any atom is -0.467 e. The third-order valence-corrected chi connectivity index (χ3v) is 6.10. The van der Waals surface area contributed by atoms with E-state index in [1.54, 1.807) is 6.26 Å². The molecule has 1 aromatic carbocycles. The van der Waals surface area contributed by atoms with Crippen LogP contribution in [0.25, 0.3) is 11.0 Å². The highest BCUT2D eigenvalue weighted by molar-refractivity contribution is 6.03. The molecule has 0 spiro atoms. The maximum absolute atomic E-state index is 13.2. The number of primary amides is 1. The number of piperidine rings is 1. The Morgan fingerprint density at radius 1 is 1.13 bits per heavy atom. The number of furan rings is 2. The number of carbonyl (C=O) groups excluding carboxylic acids is 2. The fraction of sp³-hybridized carbons (Fsp3) is 0.348. The molecule has 31 heavy (non-hydrogen) atoms. The van der Waals surface area contributed by atoms with Gasteiger partial charge in [-0.05, 0) is 50.2 Å². The molecule has 2 N–H and O–H groups in total. The van der Waals surface area contributed by atoms with Crippen LogP contribution in [0, 0.1) is 5.92 Å². The lowest BCUT2D eigenvalue weighted by Crippen LogP contribution is -2.43. The number of nitrogens with zero attached hydrogens (tertiary/aromatic N) is 3. The number of hydrogen-bond acceptors (Lipinski definition) is 6. The van der Waals surface area contributed by atoms with Gasteiger partial charge in [0.05, 0.1) is 12.8 Å². The van der Waals surface area contributed by atoms with Crippen LogP contribution in [-0.2, 0) is 9.59 Å². The number of benzene rings is 1. The lowest BCUT2D eigenvalue weighted by Gasteiger charge is -2.31. The van der Waals surface area contributed by atoms with E-state index in [1.807, 2.05) is 42.5 Å². The molecule has 1 atom stereocenters. The summed E-state index contributed by atoms with van der Waals surface area (Å²) in [4.78, 5) is 26.6. The van der Waals surface area contributed by atoms with Crippen LogP contribution in [0.4, 0.5) is 0 Å². The van der Waals surface area contributed by atoms with Crippen molar-refractivity contribution in [3.63, 3.8) is 0 Å². The maximum atomic E-state index is 13.2. The Bertz CT molecular complexity index is 1090. The number of para-hydroxylation sites is 1. The zero-order chi connectivity index (χ0) is 21.4. The van der Waals surface area contributed by atoms with E-state index < -0.39 is 0 Å². The van der Waals surface area contributed by atoms with E-state index in [9.17, 15) is 9.59 Å². The molecule has 1 fully saturated rings. The summed E-state index contributed by atoms with van der Waals surface area (Å²) in [6.07, 6.45) is 3.48. The van der Waals surface area contributed by atoms with Crippen LogP contribution in [0.1, 0.15) is 36.8 Å². The fourth-order valence-corrected chi connectivity index (χ4v) is 4.36. The normalized spacial score (nSPS) is 20.3. The molecule has 5 rings (SSSR count). The van der Waals surface area contributed by atoms with Crippen molar-refractivity contribution in [1.29, 1.82) is 0 Å². The van der Waals surface area contributed by atoms with Gasteiger partial charge in [-0.3, -0.25) is 14.5 Å². The highest BCUT2D eigenvalue weighted by atomic mass is 16.3. The van der Waals surface area contributed by atoms with Crippen LogP contribution in [0.15, 0.2) is 62.7 Å². The highest BCUT2D eigenvalue weighted by Gasteiger charge is 2.37. The van der Waals surface area contributed by atoms with Crippen molar-refractivity contribution in [2.24, 2.45) is 16.8 Å².